The summed E-state index contributed by atoms with van der Waals surface area (Å²) in [7, 11) is 3.37. The van der Waals surface area contributed by atoms with Gasteiger partial charge in [-0.3, -0.25) is 9.97 Å². The van der Waals surface area contributed by atoms with E-state index >= 15 is 0 Å². The van der Waals surface area contributed by atoms with Crippen molar-refractivity contribution < 1.29 is 9.47 Å². The van der Waals surface area contributed by atoms with E-state index in [1.54, 1.807) is 14.2 Å². The number of methoxy groups -OCH3 is 2. The Morgan fingerprint density at radius 1 is 0.375 bits per heavy atom. The fourth-order valence-electron chi connectivity index (χ4n) is 6.38. The molecule has 230 valence electrons. The summed E-state index contributed by atoms with van der Waals surface area (Å²) >= 11 is 0. The van der Waals surface area contributed by atoms with Crippen LogP contribution in [0.4, 0.5) is 0 Å². The number of hydrogen-bond donors (Lipinski definition) is 0. The van der Waals surface area contributed by atoms with Gasteiger partial charge in [-0.15, -0.1) is 0 Å². The zero-order valence-corrected chi connectivity index (χ0v) is 26.7. The second-order valence-electron chi connectivity index (χ2n) is 11.8. The van der Waals surface area contributed by atoms with E-state index in [9.17, 15) is 0 Å². The van der Waals surface area contributed by atoms with Crippen molar-refractivity contribution in [1.82, 2.24) is 9.97 Å². The van der Waals surface area contributed by atoms with E-state index in [2.05, 4.69) is 121 Å². The van der Waals surface area contributed by atoms with Crippen molar-refractivity contribution in [3.8, 4) is 67.4 Å². The van der Waals surface area contributed by atoms with Crippen LogP contribution in [0, 0.1) is 0 Å². The number of nitrogens with zero attached hydrogens (tertiary/aromatic N) is 2. The first-order chi connectivity index (χ1) is 23.7. The van der Waals surface area contributed by atoms with Crippen molar-refractivity contribution in [3.05, 3.63) is 158 Å². The summed E-state index contributed by atoms with van der Waals surface area (Å²) in [5.74, 6) is 1.71. The zero-order chi connectivity index (χ0) is 32.5. The number of ether oxygens (including phenoxy) is 2. The first-order valence-corrected chi connectivity index (χ1v) is 15.9. The molecule has 0 radical (unpaired) electrons. The van der Waals surface area contributed by atoms with Crippen LogP contribution in [0.1, 0.15) is 0 Å². The van der Waals surface area contributed by atoms with Gasteiger partial charge in [-0.1, -0.05) is 109 Å². The van der Waals surface area contributed by atoms with Crippen LogP contribution in [0.15, 0.2) is 158 Å². The van der Waals surface area contributed by atoms with Gasteiger partial charge in [-0.2, -0.15) is 0 Å². The third-order valence-electron chi connectivity index (χ3n) is 9.03. The van der Waals surface area contributed by atoms with Gasteiger partial charge in [0.25, 0.3) is 0 Å². The highest BCUT2D eigenvalue weighted by Crippen LogP contribution is 2.35. The Bertz CT molecular complexity index is 2210. The van der Waals surface area contributed by atoms with Gasteiger partial charge >= 0.3 is 0 Å². The standard InChI is InChI=1S/C44H32N2O2/c1-47-37-21-17-31(18-22-37)29-9-13-33(14-10-29)39-7-3-5-35-25-43(45-27-41(35)39)44-26-36-6-4-8-40(42(36)28-46-44)34-15-11-30(12-16-34)32-19-23-38(48-2)24-20-32/h3-28H,1-2H3. The van der Waals surface area contributed by atoms with E-state index in [4.69, 9.17) is 19.4 Å². The second kappa shape index (κ2) is 12.5. The lowest BCUT2D eigenvalue weighted by Gasteiger charge is -2.11. The number of benzene rings is 6. The number of rotatable bonds is 7. The molecule has 8 rings (SSSR count). The van der Waals surface area contributed by atoms with Crippen molar-refractivity contribution in [2.24, 2.45) is 0 Å². The van der Waals surface area contributed by atoms with Crippen molar-refractivity contribution in [3.63, 3.8) is 0 Å². The molecule has 0 bridgehead atoms. The Hall–Kier alpha value is -6.26. The van der Waals surface area contributed by atoms with Crippen LogP contribution < -0.4 is 9.47 Å². The molecule has 2 aromatic heterocycles. The molecule has 0 aliphatic carbocycles. The molecule has 2 heterocycles. The Balaban J connectivity index is 1.07. The Morgan fingerprint density at radius 3 is 1.06 bits per heavy atom. The maximum atomic E-state index is 5.31. The summed E-state index contributed by atoms with van der Waals surface area (Å²) in [6, 6.07) is 50.8. The SMILES string of the molecule is COc1ccc(-c2ccc(-c3cccc4cc(-c5cc6cccc(-c7ccc(-c8ccc(OC)cc8)cc7)c6cn5)ncc34)cc2)cc1. The van der Waals surface area contributed by atoms with Gasteiger partial charge < -0.3 is 9.47 Å². The molecule has 0 unspecified atom stereocenters. The molecule has 0 saturated heterocycles. The molecular formula is C44H32N2O2. The lowest BCUT2D eigenvalue weighted by atomic mass is 9.96. The summed E-state index contributed by atoms with van der Waals surface area (Å²) < 4.78 is 10.6. The molecule has 4 heteroatoms. The fraction of sp³-hybridized carbons (Fsp3) is 0.0455. The number of fused-ring (bicyclic) bond motifs is 2. The second-order valence-corrected chi connectivity index (χ2v) is 11.8. The smallest absolute Gasteiger partial charge is 0.118 e. The number of pyridine rings is 2. The number of aromatic nitrogens is 2. The highest BCUT2D eigenvalue weighted by atomic mass is 16.5. The monoisotopic (exact) mass is 620 g/mol. The van der Waals surface area contributed by atoms with Gasteiger partial charge in [0.1, 0.15) is 11.5 Å². The van der Waals surface area contributed by atoms with E-state index < -0.39 is 0 Å². The molecule has 4 nitrogen and oxygen atoms in total. The highest BCUT2D eigenvalue weighted by molar-refractivity contribution is 6.00. The summed E-state index contributed by atoms with van der Waals surface area (Å²) in [5.41, 5.74) is 11.0. The zero-order valence-electron chi connectivity index (χ0n) is 26.7. The van der Waals surface area contributed by atoms with Crippen LogP contribution in [0.5, 0.6) is 11.5 Å². The third kappa shape index (κ3) is 5.54. The molecule has 8 aromatic rings. The average Bonchev–Trinajstić information content (AvgIpc) is 3.17. The van der Waals surface area contributed by atoms with Crippen molar-refractivity contribution >= 4 is 21.5 Å². The first kappa shape index (κ1) is 29.2. The molecule has 0 spiro atoms. The molecular weight excluding hydrogens is 588 g/mol. The molecule has 0 amide bonds. The molecule has 0 fully saturated rings. The summed E-state index contributed by atoms with van der Waals surface area (Å²) in [4.78, 5) is 9.80. The highest BCUT2D eigenvalue weighted by Gasteiger charge is 2.11. The van der Waals surface area contributed by atoms with Crippen LogP contribution in [0.25, 0.3) is 77.4 Å². The maximum Gasteiger partial charge on any atom is 0.118 e. The van der Waals surface area contributed by atoms with Crippen LogP contribution in [-0.2, 0) is 0 Å². The summed E-state index contributed by atoms with van der Waals surface area (Å²) in [6.45, 7) is 0. The van der Waals surface area contributed by atoms with E-state index in [0.29, 0.717) is 0 Å². The molecule has 0 atom stereocenters. The van der Waals surface area contributed by atoms with Crippen LogP contribution in [-0.4, -0.2) is 24.2 Å². The van der Waals surface area contributed by atoms with E-state index in [-0.39, 0.29) is 0 Å². The van der Waals surface area contributed by atoms with Crippen molar-refractivity contribution in [2.75, 3.05) is 14.2 Å². The van der Waals surface area contributed by atoms with Gasteiger partial charge in [0.2, 0.25) is 0 Å². The van der Waals surface area contributed by atoms with Gasteiger partial charge in [-0.05, 0) is 91.7 Å². The number of hydrogen-bond acceptors (Lipinski definition) is 4. The van der Waals surface area contributed by atoms with E-state index in [1.807, 2.05) is 36.7 Å². The minimum atomic E-state index is 0.852. The van der Waals surface area contributed by atoms with E-state index in [1.165, 1.54) is 0 Å². The van der Waals surface area contributed by atoms with Gasteiger partial charge in [-0.25, -0.2) is 0 Å². The van der Waals surface area contributed by atoms with Gasteiger partial charge in [0, 0.05) is 23.2 Å². The lowest BCUT2D eigenvalue weighted by molar-refractivity contribution is 0.415. The quantitative estimate of drug-likeness (QED) is 0.178. The third-order valence-corrected chi connectivity index (χ3v) is 9.03. The van der Waals surface area contributed by atoms with Crippen molar-refractivity contribution in [2.45, 2.75) is 0 Å². The minimum Gasteiger partial charge on any atom is -0.497 e. The molecule has 0 aliphatic rings. The summed E-state index contributed by atoms with van der Waals surface area (Å²) in [6.07, 6.45) is 3.95. The normalized spacial score (nSPS) is 11.1. The minimum absolute atomic E-state index is 0.852. The Kier molecular flexibility index (Phi) is 7.60. The largest absolute Gasteiger partial charge is 0.497 e. The summed E-state index contributed by atoms with van der Waals surface area (Å²) in [5, 5.41) is 4.48. The lowest BCUT2D eigenvalue weighted by Crippen LogP contribution is -1.91. The average molecular weight is 621 g/mol. The van der Waals surface area contributed by atoms with Gasteiger partial charge in [0.05, 0.1) is 25.6 Å². The van der Waals surface area contributed by atoms with Crippen LogP contribution in [0.2, 0.25) is 0 Å². The molecule has 0 saturated carbocycles. The van der Waals surface area contributed by atoms with Crippen LogP contribution in [0.3, 0.4) is 0 Å². The Labute approximate surface area is 279 Å². The molecule has 0 N–H and O–H groups in total. The van der Waals surface area contributed by atoms with Crippen LogP contribution >= 0.6 is 0 Å². The van der Waals surface area contributed by atoms with E-state index in [0.717, 1.165) is 88.9 Å². The topological polar surface area (TPSA) is 44.2 Å². The molecule has 0 aliphatic heterocycles. The first-order valence-electron chi connectivity index (χ1n) is 15.9. The predicted molar refractivity (Wildman–Crippen MR) is 197 cm³/mol. The molecule has 48 heavy (non-hydrogen) atoms. The molecule has 6 aromatic carbocycles. The van der Waals surface area contributed by atoms with Crippen molar-refractivity contribution in [1.29, 1.82) is 0 Å². The maximum absolute atomic E-state index is 5.31. The fourth-order valence-corrected chi connectivity index (χ4v) is 6.38. The van der Waals surface area contributed by atoms with Gasteiger partial charge in [0.15, 0.2) is 0 Å². The Morgan fingerprint density at radius 2 is 0.708 bits per heavy atom. The predicted octanol–water partition coefficient (Wildman–Crippen LogP) is 11.1.